The summed E-state index contributed by atoms with van der Waals surface area (Å²) in [6.07, 6.45) is 4.47. The van der Waals surface area contributed by atoms with Crippen LogP contribution < -0.4 is 5.32 Å². The predicted octanol–water partition coefficient (Wildman–Crippen LogP) is 7.35. The molecule has 0 radical (unpaired) electrons. The third kappa shape index (κ3) is 6.09. The summed E-state index contributed by atoms with van der Waals surface area (Å²) in [6, 6.07) is 8.26. The molecule has 0 saturated carbocycles. The van der Waals surface area contributed by atoms with Gasteiger partial charge in [0.25, 0.3) is 0 Å². The number of nitrogens with one attached hydrogen (secondary N) is 1. The molecule has 0 aliphatic rings. The molecule has 0 heterocycles. The highest BCUT2D eigenvalue weighted by Gasteiger charge is 2.33. The normalized spacial score (nSPS) is 15.6. The molecule has 2 nitrogen and oxygen atoms in total. The second-order valence-corrected chi connectivity index (χ2v) is 8.81. The molecular weight excluding hydrogens is 330 g/mol. The molecule has 0 aromatic heterocycles. The van der Waals surface area contributed by atoms with E-state index < -0.39 is 0 Å². The molecule has 0 saturated heterocycles. The lowest BCUT2D eigenvalue weighted by Gasteiger charge is -2.38. The van der Waals surface area contributed by atoms with Gasteiger partial charge in [-0.15, -0.1) is 0 Å². The average molecular weight is 370 g/mol. The molecule has 1 aromatic rings. The zero-order valence-corrected chi connectivity index (χ0v) is 18.6. The van der Waals surface area contributed by atoms with Gasteiger partial charge in [-0.05, 0) is 54.9 Å². The topological polar surface area (TPSA) is 29.1 Å². The van der Waals surface area contributed by atoms with E-state index in [1.165, 1.54) is 5.70 Å². The van der Waals surface area contributed by atoms with Crippen LogP contribution in [0.2, 0.25) is 0 Å². The maximum atomic E-state index is 12.2. The summed E-state index contributed by atoms with van der Waals surface area (Å²) in [5.41, 5.74) is 4.12. The summed E-state index contributed by atoms with van der Waals surface area (Å²) in [5, 5.41) is 3.68. The first-order chi connectivity index (χ1) is 12.5. The van der Waals surface area contributed by atoms with Crippen molar-refractivity contribution in [1.82, 2.24) is 0 Å². The molecule has 150 valence electrons. The van der Waals surface area contributed by atoms with Crippen molar-refractivity contribution >= 4 is 11.5 Å². The Morgan fingerprint density at radius 3 is 2.11 bits per heavy atom. The third-order valence-electron chi connectivity index (χ3n) is 5.63. The fourth-order valence-electron chi connectivity index (χ4n) is 3.67. The Hall–Kier alpha value is -1.83. The van der Waals surface area contributed by atoms with Gasteiger partial charge in [-0.2, -0.15) is 0 Å². The monoisotopic (exact) mass is 369 g/mol. The van der Waals surface area contributed by atoms with Gasteiger partial charge in [0.1, 0.15) is 0 Å². The van der Waals surface area contributed by atoms with E-state index in [2.05, 4.69) is 71.6 Å². The highest BCUT2D eigenvalue weighted by molar-refractivity contribution is 5.99. The van der Waals surface area contributed by atoms with Crippen LogP contribution in [-0.2, 0) is 4.79 Å². The standard InChI is InChI=1S/C25H39NO/c1-10-11-23(25(9,19(6)7)16-17(2)3)26-22-14-12-21(13-15-22)20(8)24(27)18(4)5/h11-15,17,19-20,26H,4,10,16H2,1-3,5-9H3/b23-11+. The minimum atomic E-state index is -0.149. The number of allylic oxidation sites excluding steroid dienone is 3. The van der Waals surface area contributed by atoms with Crippen molar-refractivity contribution in [3.8, 4) is 0 Å². The van der Waals surface area contributed by atoms with E-state index in [9.17, 15) is 4.79 Å². The zero-order valence-electron chi connectivity index (χ0n) is 18.6. The lowest BCUT2D eigenvalue weighted by Crippen LogP contribution is -2.31. The van der Waals surface area contributed by atoms with Crippen LogP contribution in [0.4, 0.5) is 5.69 Å². The fourth-order valence-corrected chi connectivity index (χ4v) is 3.67. The molecule has 0 fully saturated rings. The largest absolute Gasteiger partial charge is 0.359 e. The van der Waals surface area contributed by atoms with Gasteiger partial charge in [0.2, 0.25) is 0 Å². The lowest BCUT2D eigenvalue weighted by atomic mass is 9.70. The smallest absolute Gasteiger partial charge is 0.165 e. The number of hydrogen-bond acceptors (Lipinski definition) is 2. The number of Topliss-reactive ketones (excluding diaryl/α,β-unsaturated/α-hetero) is 1. The number of anilines is 1. The maximum absolute atomic E-state index is 12.2. The molecule has 0 aliphatic carbocycles. The summed E-state index contributed by atoms with van der Waals surface area (Å²) in [5.74, 6) is 1.13. The summed E-state index contributed by atoms with van der Waals surface area (Å²) >= 11 is 0. The fraction of sp³-hybridized carbons (Fsp3) is 0.560. The minimum Gasteiger partial charge on any atom is -0.359 e. The molecular formula is C25H39NO. The Morgan fingerprint density at radius 2 is 1.70 bits per heavy atom. The van der Waals surface area contributed by atoms with Crippen LogP contribution in [0.1, 0.15) is 79.7 Å². The van der Waals surface area contributed by atoms with Gasteiger partial charge < -0.3 is 5.32 Å². The van der Waals surface area contributed by atoms with Crippen molar-refractivity contribution in [3.63, 3.8) is 0 Å². The summed E-state index contributed by atoms with van der Waals surface area (Å²) < 4.78 is 0. The Morgan fingerprint density at radius 1 is 1.15 bits per heavy atom. The van der Waals surface area contributed by atoms with Crippen molar-refractivity contribution in [3.05, 3.63) is 53.8 Å². The number of ketones is 1. The number of carbonyl (C=O) groups excluding carboxylic acids is 1. The van der Waals surface area contributed by atoms with Gasteiger partial charge in [0.15, 0.2) is 5.78 Å². The number of benzene rings is 1. The van der Waals surface area contributed by atoms with E-state index in [1.54, 1.807) is 6.92 Å². The SMILES string of the molecule is C=C(C)C(=O)C(C)c1ccc(N/C(=C/CC)C(C)(CC(C)C)C(C)C)cc1. The molecule has 2 heteroatoms. The van der Waals surface area contributed by atoms with E-state index in [1.807, 2.05) is 19.1 Å². The summed E-state index contributed by atoms with van der Waals surface area (Å²) in [6.45, 7) is 21.2. The Balaban J connectivity index is 3.09. The van der Waals surface area contributed by atoms with Gasteiger partial charge in [-0.3, -0.25) is 4.79 Å². The molecule has 0 amide bonds. The van der Waals surface area contributed by atoms with Gasteiger partial charge in [-0.1, -0.05) is 73.3 Å². The van der Waals surface area contributed by atoms with E-state index >= 15 is 0 Å². The molecule has 2 unspecified atom stereocenters. The summed E-state index contributed by atoms with van der Waals surface area (Å²) in [4.78, 5) is 12.2. The molecule has 0 aliphatic heterocycles. The number of hydrogen-bond donors (Lipinski definition) is 1. The van der Waals surface area contributed by atoms with Crippen molar-refractivity contribution < 1.29 is 4.79 Å². The van der Waals surface area contributed by atoms with E-state index in [-0.39, 0.29) is 17.1 Å². The van der Waals surface area contributed by atoms with Crippen LogP contribution in [-0.4, -0.2) is 5.78 Å². The lowest BCUT2D eigenvalue weighted by molar-refractivity contribution is -0.116. The predicted molar refractivity (Wildman–Crippen MR) is 119 cm³/mol. The maximum Gasteiger partial charge on any atom is 0.165 e. The molecule has 27 heavy (non-hydrogen) atoms. The van der Waals surface area contributed by atoms with Gasteiger partial charge in [0.05, 0.1) is 0 Å². The first-order valence-corrected chi connectivity index (χ1v) is 10.3. The Labute approximate surface area is 167 Å². The molecule has 0 bridgehead atoms. The van der Waals surface area contributed by atoms with Crippen LogP contribution >= 0.6 is 0 Å². The molecule has 1 aromatic carbocycles. The number of rotatable bonds is 10. The highest BCUT2D eigenvalue weighted by Crippen LogP contribution is 2.41. The van der Waals surface area contributed by atoms with Gasteiger partial charge in [0, 0.05) is 22.7 Å². The van der Waals surface area contributed by atoms with Crippen molar-refractivity contribution in [1.29, 1.82) is 0 Å². The van der Waals surface area contributed by atoms with Crippen molar-refractivity contribution in [2.45, 2.75) is 74.1 Å². The van der Waals surface area contributed by atoms with Crippen LogP contribution in [0, 0.1) is 17.3 Å². The second-order valence-electron chi connectivity index (χ2n) is 8.81. The minimum absolute atomic E-state index is 0.103. The van der Waals surface area contributed by atoms with Crippen molar-refractivity contribution in [2.24, 2.45) is 17.3 Å². The molecule has 0 spiro atoms. The first-order valence-electron chi connectivity index (χ1n) is 10.3. The van der Waals surface area contributed by atoms with E-state index in [0.29, 0.717) is 17.4 Å². The Kier molecular flexibility index (Phi) is 8.53. The van der Waals surface area contributed by atoms with Crippen LogP contribution in [0.5, 0.6) is 0 Å². The van der Waals surface area contributed by atoms with Gasteiger partial charge >= 0.3 is 0 Å². The Bertz CT molecular complexity index is 666. The summed E-state index contributed by atoms with van der Waals surface area (Å²) in [7, 11) is 0. The second kappa shape index (κ2) is 9.92. The molecule has 1 rings (SSSR count). The average Bonchev–Trinajstić information content (AvgIpc) is 2.59. The van der Waals surface area contributed by atoms with E-state index in [4.69, 9.17) is 0 Å². The third-order valence-corrected chi connectivity index (χ3v) is 5.63. The zero-order chi connectivity index (χ0) is 20.8. The van der Waals surface area contributed by atoms with Crippen LogP contribution in [0.25, 0.3) is 0 Å². The van der Waals surface area contributed by atoms with E-state index in [0.717, 1.165) is 24.1 Å². The number of carbonyl (C=O) groups is 1. The van der Waals surface area contributed by atoms with Crippen LogP contribution in [0.15, 0.2) is 48.2 Å². The molecule has 1 N–H and O–H groups in total. The first kappa shape index (κ1) is 23.2. The molecule has 2 atom stereocenters. The quantitative estimate of drug-likeness (QED) is 0.437. The van der Waals surface area contributed by atoms with Gasteiger partial charge in [-0.25, -0.2) is 0 Å². The van der Waals surface area contributed by atoms with Crippen LogP contribution in [0.3, 0.4) is 0 Å². The van der Waals surface area contributed by atoms with Crippen molar-refractivity contribution in [2.75, 3.05) is 5.32 Å². The highest BCUT2D eigenvalue weighted by atomic mass is 16.1.